The van der Waals surface area contributed by atoms with E-state index in [1.807, 2.05) is 6.92 Å². The lowest BCUT2D eigenvalue weighted by Crippen LogP contribution is -1.99. The van der Waals surface area contributed by atoms with E-state index in [-0.39, 0.29) is 10.6 Å². The number of benzene rings is 1. The number of thiophene rings is 1. The first-order chi connectivity index (χ1) is 8.97. The third-order valence-corrected chi connectivity index (χ3v) is 4.67. The molecule has 0 aliphatic carbocycles. The van der Waals surface area contributed by atoms with Gasteiger partial charge in [0, 0.05) is 10.4 Å². The number of halogens is 2. The third-order valence-electron chi connectivity index (χ3n) is 2.79. The monoisotopic (exact) mass is 343 g/mol. The van der Waals surface area contributed by atoms with Crippen molar-refractivity contribution in [2.24, 2.45) is 0 Å². The molecule has 3 nitrogen and oxygen atoms in total. The zero-order valence-electron chi connectivity index (χ0n) is 10.0. The van der Waals surface area contributed by atoms with E-state index < -0.39 is 11.8 Å². The molecule has 3 N–H and O–H groups in total. The number of hydrogen-bond donors (Lipinski definition) is 2. The molecule has 1 aromatic carbocycles. The first-order valence-electron chi connectivity index (χ1n) is 5.56. The molecule has 0 radical (unpaired) electrons. The summed E-state index contributed by atoms with van der Waals surface area (Å²) in [5.41, 5.74) is 7.12. The zero-order valence-corrected chi connectivity index (χ0v) is 12.4. The van der Waals surface area contributed by atoms with Crippen molar-refractivity contribution in [2.75, 3.05) is 5.73 Å². The molecule has 1 heterocycles. The van der Waals surface area contributed by atoms with Gasteiger partial charge < -0.3 is 10.8 Å². The molecule has 6 heteroatoms. The van der Waals surface area contributed by atoms with Gasteiger partial charge in [-0.05, 0) is 34.0 Å². The first-order valence-corrected chi connectivity index (χ1v) is 7.17. The van der Waals surface area contributed by atoms with Crippen molar-refractivity contribution >= 4 is 38.9 Å². The fraction of sp³-hybridized carbons (Fsp3) is 0.154. The van der Waals surface area contributed by atoms with Gasteiger partial charge in [-0.15, -0.1) is 11.3 Å². The molecule has 2 rings (SSSR count). The number of carboxylic acids is 1. The van der Waals surface area contributed by atoms with Gasteiger partial charge in [0.15, 0.2) is 0 Å². The summed E-state index contributed by atoms with van der Waals surface area (Å²) in [6, 6.07) is 4.92. The van der Waals surface area contributed by atoms with E-state index in [0.717, 1.165) is 11.3 Å². The molecule has 19 heavy (non-hydrogen) atoms. The lowest BCUT2D eigenvalue weighted by molar-refractivity contribution is 0.0703. The smallest absolute Gasteiger partial charge is 0.348 e. The van der Waals surface area contributed by atoms with Crippen molar-refractivity contribution in [1.82, 2.24) is 0 Å². The summed E-state index contributed by atoms with van der Waals surface area (Å²) in [5.74, 6) is -1.49. The van der Waals surface area contributed by atoms with Crippen molar-refractivity contribution in [3.05, 3.63) is 38.9 Å². The Morgan fingerprint density at radius 1 is 1.53 bits per heavy atom. The van der Waals surface area contributed by atoms with Gasteiger partial charge in [0.25, 0.3) is 0 Å². The zero-order chi connectivity index (χ0) is 14.2. The Balaban J connectivity index is 2.72. The van der Waals surface area contributed by atoms with E-state index in [1.165, 1.54) is 0 Å². The molecule has 0 saturated carbocycles. The van der Waals surface area contributed by atoms with Gasteiger partial charge in [-0.2, -0.15) is 0 Å². The van der Waals surface area contributed by atoms with Crippen molar-refractivity contribution in [3.8, 4) is 10.4 Å². The average Bonchev–Trinajstić information content (AvgIpc) is 2.69. The third kappa shape index (κ3) is 2.37. The number of carbonyl (C=O) groups is 1. The number of anilines is 1. The van der Waals surface area contributed by atoms with Crippen LogP contribution >= 0.6 is 27.3 Å². The molecule has 0 saturated heterocycles. The molecular weight excluding hydrogens is 333 g/mol. The van der Waals surface area contributed by atoms with Crippen LogP contribution in [0.5, 0.6) is 0 Å². The minimum absolute atomic E-state index is 0.0613. The second kappa shape index (κ2) is 5.30. The number of aromatic carboxylic acids is 1. The maximum atomic E-state index is 14.1. The predicted molar refractivity (Wildman–Crippen MR) is 78.2 cm³/mol. The molecular formula is C13H11BrFNO2S. The van der Waals surface area contributed by atoms with E-state index in [4.69, 9.17) is 10.8 Å². The highest BCUT2D eigenvalue weighted by molar-refractivity contribution is 9.10. The molecule has 0 aliphatic heterocycles. The van der Waals surface area contributed by atoms with Crippen molar-refractivity contribution in [1.29, 1.82) is 0 Å². The van der Waals surface area contributed by atoms with Crippen LogP contribution < -0.4 is 5.73 Å². The van der Waals surface area contributed by atoms with Crippen LogP contribution in [0.3, 0.4) is 0 Å². The molecule has 0 unspecified atom stereocenters. The van der Waals surface area contributed by atoms with E-state index in [9.17, 15) is 9.18 Å². The number of rotatable bonds is 3. The summed E-state index contributed by atoms with van der Waals surface area (Å²) < 4.78 is 14.5. The largest absolute Gasteiger partial charge is 0.477 e. The summed E-state index contributed by atoms with van der Waals surface area (Å²) in [4.78, 5) is 11.8. The maximum absolute atomic E-state index is 14.1. The summed E-state index contributed by atoms with van der Waals surface area (Å²) in [6.07, 6.45) is 0.552. The Labute approximate surface area is 122 Å². The molecule has 2 aromatic rings. The summed E-state index contributed by atoms with van der Waals surface area (Å²) in [5, 5.41) is 9.10. The van der Waals surface area contributed by atoms with Gasteiger partial charge >= 0.3 is 5.97 Å². The van der Waals surface area contributed by atoms with Gasteiger partial charge in [-0.3, -0.25) is 0 Å². The van der Waals surface area contributed by atoms with Crippen molar-refractivity contribution < 1.29 is 14.3 Å². The second-order valence-corrected chi connectivity index (χ2v) is 5.79. The average molecular weight is 344 g/mol. The van der Waals surface area contributed by atoms with E-state index in [0.29, 0.717) is 26.9 Å². The Hall–Kier alpha value is -1.40. The number of carboxylic acid groups (broad SMARTS) is 1. The van der Waals surface area contributed by atoms with Crippen molar-refractivity contribution in [3.63, 3.8) is 0 Å². The van der Waals surface area contributed by atoms with Crippen LogP contribution in [-0.4, -0.2) is 11.1 Å². The molecule has 0 aliphatic rings. The Morgan fingerprint density at radius 3 is 2.79 bits per heavy atom. The van der Waals surface area contributed by atoms with Crippen LogP contribution in [0.2, 0.25) is 0 Å². The molecule has 0 fully saturated rings. The Kier molecular flexibility index (Phi) is 3.91. The van der Waals surface area contributed by atoms with Crippen LogP contribution in [-0.2, 0) is 6.42 Å². The van der Waals surface area contributed by atoms with E-state index in [1.54, 1.807) is 18.2 Å². The van der Waals surface area contributed by atoms with Crippen LogP contribution in [0.1, 0.15) is 22.2 Å². The number of nitrogen functional groups attached to an aromatic ring is 1. The molecule has 0 bridgehead atoms. The molecule has 100 valence electrons. The maximum Gasteiger partial charge on any atom is 0.348 e. The molecule has 0 spiro atoms. The SMILES string of the molecule is CCc1c(-c2cccc(Br)c2F)sc(C(=O)O)c1N. The molecule has 0 atom stereocenters. The second-order valence-electron chi connectivity index (χ2n) is 3.91. The van der Waals surface area contributed by atoms with Crippen LogP contribution in [0, 0.1) is 5.82 Å². The van der Waals surface area contributed by atoms with Crippen LogP contribution in [0.25, 0.3) is 10.4 Å². The predicted octanol–water partition coefficient (Wildman–Crippen LogP) is 4.16. The van der Waals surface area contributed by atoms with Crippen molar-refractivity contribution in [2.45, 2.75) is 13.3 Å². The fourth-order valence-electron chi connectivity index (χ4n) is 1.88. The molecule has 0 amide bonds. The minimum atomic E-state index is -1.08. The highest BCUT2D eigenvalue weighted by atomic mass is 79.9. The lowest BCUT2D eigenvalue weighted by Gasteiger charge is -2.05. The Morgan fingerprint density at radius 2 is 2.21 bits per heavy atom. The van der Waals surface area contributed by atoms with E-state index in [2.05, 4.69) is 15.9 Å². The van der Waals surface area contributed by atoms with Gasteiger partial charge in [-0.1, -0.05) is 19.1 Å². The summed E-state index contributed by atoms with van der Waals surface area (Å²) >= 11 is 4.14. The quantitative estimate of drug-likeness (QED) is 0.879. The first kappa shape index (κ1) is 14.0. The highest BCUT2D eigenvalue weighted by Crippen LogP contribution is 2.41. The number of hydrogen-bond acceptors (Lipinski definition) is 3. The van der Waals surface area contributed by atoms with E-state index >= 15 is 0 Å². The standard InChI is InChI=1S/C13H11BrFNO2S/c1-2-6-10(16)12(13(17)18)19-11(6)7-4-3-5-8(14)9(7)15/h3-5H,2,16H2,1H3,(H,17,18). The Bertz CT molecular complexity index is 654. The van der Waals surface area contributed by atoms with Gasteiger partial charge in [-0.25, -0.2) is 9.18 Å². The summed E-state index contributed by atoms with van der Waals surface area (Å²) in [7, 11) is 0. The summed E-state index contributed by atoms with van der Waals surface area (Å²) in [6.45, 7) is 1.86. The number of nitrogens with two attached hydrogens (primary N) is 1. The van der Waals surface area contributed by atoms with Crippen LogP contribution in [0.15, 0.2) is 22.7 Å². The van der Waals surface area contributed by atoms with Gasteiger partial charge in [0.1, 0.15) is 10.7 Å². The molecule has 1 aromatic heterocycles. The highest BCUT2D eigenvalue weighted by Gasteiger charge is 2.22. The van der Waals surface area contributed by atoms with Gasteiger partial charge in [0.2, 0.25) is 0 Å². The minimum Gasteiger partial charge on any atom is -0.477 e. The fourth-order valence-corrected chi connectivity index (χ4v) is 3.42. The topological polar surface area (TPSA) is 63.3 Å². The normalized spacial score (nSPS) is 10.7. The van der Waals surface area contributed by atoms with Crippen LogP contribution in [0.4, 0.5) is 10.1 Å². The lowest BCUT2D eigenvalue weighted by atomic mass is 10.1. The van der Waals surface area contributed by atoms with Gasteiger partial charge in [0.05, 0.1) is 10.2 Å².